The second-order valence-electron chi connectivity index (χ2n) is 14.0. The van der Waals surface area contributed by atoms with E-state index in [2.05, 4.69) is 126 Å². The smallest absolute Gasteiger partial charge is 0.131 e. The van der Waals surface area contributed by atoms with Gasteiger partial charge in [0.1, 0.15) is 11.5 Å². The fourth-order valence-electron chi connectivity index (χ4n) is 7.03. The lowest BCUT2D eigenvalue weighted by molar-refractivity contribution is 0.0698. The largest absolute Gasteiger partial charge is 0.507 e. The molecule has 0 fully saturated rings. The van der Waals surface area contributed by atoms with Crippen molar-refractivity contribution in [2.75, 3.05) is 13.2 Å². The highest BCUT2D eigenvalue weighted by Gasteiger charge is 2.18. The highest BCUT2D eigenvalue weighted by Crippen LogP contribution is 2.43. The van der Waals surface area contributed by atoms with Gasteiger partial charge in [-0.1, -0.05) is 97.4 Å². The zero-order chi connectivity index (χ0) is 36.8. The molecule has 0 aliphatic heterocycles. The molecule has 0 bridgehead atoms. The minimum atomic E-state index is 0.288. The van der Waals surface area contributed by atoms with Gasteiger partial charge in [-0.2, -0.15) is 0 Å². The number of hydrogen-bond donors (Lipinski definition) is 2. The molecule has 0 amide bonds. The standard InChI is InChI=1S/C48H50O4/c1-7-36-20-19-35(6)42(28-36)46-27-33(4)25-44(48(46)50)40-16-11-9-14-38(40)30-52-22-12-21-51-29-37-13-8-10-15-39(37)43-24-32(3)26-45(47(43)49)41-23-31(2)17-18-34(41)5/h8-11,13-20,23-28,49-50H,7,12,21-22,29-30H2,1-6H3. The van der Waals surface area contributed by atoms with E-state index in [-0.39, 0.29) is 5.75 Å². The van der Waals surface area contributed by atoms with Crippen molar-refractivity contribution in [3.8, 4) is 56.0 Å². The SMILES string of the molecule is CCc1ccc(C)c(-c2cc(C)cc(-c3ccccc3COCCCOCc3ccccc3-c3cc(C)cc(-c4cc(C)ccc4C)c3O)c2O)c1. The number of ether oxygens (including phenoxy) is 2. The molecule has 4 nitrogen and oxygen atoms in total. The van der Waals surface area contributed by atoms with Crippen LogP contribution in [0.1, 0.15) is 57.9 Å². The summed E-state index contributed by atoms with van der Waals surface area (Å²) in [5.41, 5.74) is 16.3. The molecule has 4 heteroatoms. The first-order valence-corrected chi connectivity index (χ1v) is 18.3. The maximum atomic E-state index is 11.6. The Kier molecular flexibility index (Phi) is 11.6. The summed E-state index contributed by atoms with van der Waals surface area (Å²) in [6, 6.07) is 37.4. The van der Waals surface area contributed by atoms with E-state index in [1.165, 1.54) is 5.56 Å². The van der Waals surface area contributed by atoms with Gasteiger partial charge in [-0.3, -0.25) is 0 Å². The van der Waals surface area contributed by atoms with Gasteiger partial charge in [0.05, 0.1) is 13.2 Å². The van der Waals surface area contributed by atoms with Crippen LogP contribution in [-0.4, -0.2) is 23.4 Å². The first-order chi connectivity index (χ1) is 25.1. The molecule has 0 heterocycles. The van der Waals surface area contributed by atoms with E-state index in [1.54, 1.807) is 0 Å². The zero-order valence-electron chi connectivity index (χ0n) is 31.3. The number of phenolic OH excluding ortho intramolecular Hbond substituents is 2. The highest BCUT2D eigenvalue weighted by molar-refractivity contribution is 5.86. The summed E-state index contributed by atoms with van der Waals surface area (Å²) in [6.07, 6.45) is 1.68. The van der Waals surface area contributed by atoms with Crippen molar-refractivity contribution < 1.29 is 19.7 Å². The lowest BCUT2D eigenvalue weighted by Crippen LogP contribution is -2.03. The lowest BCUT2D eigenvalue weighted by atomic mass is 9.90. The van der Waals surface area contributed by atoms with Gasteiger partial charge in [0.15, 0.2) is 0 Å². The molecule has 6 aromatic carbocycles. The fourth-order valence-corrected chi connectivity index (χ4v) is 7.03. The number of hydrogen-bond acceptors (Lipinski definition) is 4. The van der Waals surface area contributed by atoms with Crippen molar-refractivity contribution in [3.63, 3.8) is 0 Å². The molecule has 2 N–H and O–H groups in total. The minimum absolute atomic E-state index is 0.288. The number of aromatic hydroxyl groups is 2. The summed E-state index contributed by atoms with van der Waals surface area (Å²) < 4.78 is 12.3. The Labute approximate surface area is 309 Å². The Morgan fingerprint density at radius 1 is 0.442 bits per heavy atom. The van der Waals surface area contributed by atoms with Gasteiger partial charge < -0.3 is 19.7 Å². The van der Waals surface area contributed by atoms with Crippen LogP contribution in [0.3, 0.4) is 0 Å². The van der Waals surface area contributed by atoms with Crippen molar-refractivity contribution in [1.82, 2.24) is 0 Å². The van der Waals surface area contributed by atoms with Crippen LogP contribution >= 0.6 is 0 Å². The average Bonchev–Trinajstić information content (AvgIpc) is 3.14. The van der Waals surface area contributed by atoms with E-state index in [0.29, 0.717) is 32.2 Å². The third-order valence-corrected chi connectivity index (χ3v) is 9.90. The summed E-state index contributed by atoms with van der Waals surface area (Å²) in [5.74, 6) is 0.583. The summed E-state index contributed by atoms with van der Waals surface area (Å²) in [4.78, 5) is 0. The van der Waals surface area contributed by atoms with Gasteiger partial charge >= 0.3 is 0 Å². The number of phenols is 2. The van der Waals surface area contributed by atoms with Crippen LogP contribution in [0.5, 0.6) is 11.5 Å². The summed E-state index contributed by atoms with van der Waals surface area (Å²) in [7, 11) is 0. The van der Waals surface area contributed by atoms with Crippen molar-refractivity contribution in [2.24, 2.45) is 0 Å². The molecule has 0 aliphatic carbocycles. The van der Waals surface area contributed by atoms with Crippen molar-refractivity contribution in [3.05, 3.63) is 154 Å². The monoisotopic (exact) mass is 690 g/mol. The highest BCUT2D eigenvalue weighted by atomic mass is 16.5. The van der Waals surface area contributed by atoms with E-state index in [9.17, 15) is 10.2 Å². The maximum Gasteiger partial charge on any atom is 0.131 e. The Balaban J connectivity index is 1.10. The predicted octanol–water partition coefficient (Wildman–Crippen LogP) is 12.0. The van der Waals surface area contributed by atoms with Gasteiger partial charge in [0, 0.05) is 35.5 Å². The molecule has 0 saturated heterocycles. The molecule has 0 aromatic heterocycles. The topological polar surface area (TPSA) is 58.9 Å². The van der Waals surface area contributed by atoms with Crippen LogP contribution in [0.2, 0.25) is 0 Å². The first kappa shape index (κ1) is 36.6. The molecule has 266 valence electrons. The lowest BCUT2D eigenvalue weighted by Gasteiger charge is -2.17. The number of rotatable bonds is 13. The Morgan fingerprint density at radius 2 is 0.865 bits per heavy atom. The number of aryl methyl sites for hydroxylation is 6. The molecular formula is C48H50O4. The first-order valence-electron chi connectivity index (χ1n) is 18.3. The molecule has 0 radical (unpaired) electrons. The molecule has 0 aliphatic rings. The summed E-state index contributed by atoms with van der Waals surface area (Å²) in [5, 5.41) is 23.2. The molecule has 0 spiro atoms. The molecular weight excluding hydrogens is 641 g/mol. The minimum Gasteiger partial charge on any atom is -0.507 e. The normalized spacial score (nSPS) is 11.3. The molecule has 6 aromatic rings. The van der Waals surface area contributed by atoms with E-state index in [1.807, 2.05) is 24.3 Å². The third-order valence-electron chi connectivity index (χ3n) is 9.90. The van der Waals surface area contributed by atoms with Crippen molar-refractivity contribution in [2.45, 2.75) is 67.6 Å². The summed E-state index contributed by atoms with van der Waals surface area (Å²) >= 11 is 0. The van der Waals surface area contributed by atoms with Crippen molar-refractivity contribution in [1.29, 1.82) is 0 Å². The second-order valence-corrected chi connectivity index (χ2v) is 14.0. The van der Waals surface area contributed by atoms with Gasteiger partial charge in [-0.15, -0.1) is 0 Å². The van der Waals surface area contributed by atoms with Crippen molar-refractivity contribution >= 4 is 0 Å². The van der Waals surface area contributed by atoms with Crippen LogP contribution < -0.4 is 0 Å². The average molecular weight is 691 g/mol. The van der Waals surface area contributed by atoms with E-state index >= 15 is 0 Å². The summed E-state index contributed by atoms with van der Waals surface area (Å²) in [6.45, 7) is 14.5. The fraction of sp³-hybridized carbons (Fsp3) is 0.250. The van der Waals surface area contributed by atoms with Gasteiger partial charge in [-0.25, -0.2) is 0 Å². The molecule has 0 unspecified atom stereocenters. The van der Waals surface area contributed by atoms with Crippen LogP contribution in [0.25, 0.3) is 44.5 Å². The third kappa shape index (κ3) is 8.15. The van der Waals surface area contributed by atoms with Gasteiger partial charge in [0.25, 0.3) is 0 Å². The predicted molar refractivity (Wildman–Crippen MR) is 215 cm³/mol. The quantitative estimate of drug-likeness (QED) is 0.118. The molecule has 6 rings (SSSR count). The Hall–Kier alpha value is -5.16. The van der Waals surface area contributed by atoms with Crippen LogP contribution in [0.15, 0.2) is 109 Å². The van der Waals surface area contributed by atoms with Crippen LogP contribution in [0, 0.1) is 34.6 Å². The van der Waals surface area contributed by atoms with Gasteiger partial charge in [-0.05, 0) is 133 Å². The zero-order valence-corrected chi connectivity index (χ0v) is 31.3. The Morgan fingerprint density at radius 3 is 1.37 bits per heavy atom. The van der Waals surface area contributed by atoms with Gasteiger partial charge in [0.2, 0.25) is 0 Å². The molecule has 0 atom stereocenters. The van der Waals surface area contributed by atoms with Crippen LogP contribution in [0.4, 0.5) is 0 Å². The molecule has 52 heavy (non-hydrogen) atoms. The van der Waals surface area contributed by atoms with Crippen LogP contribution in [-0.2, 0) is 29.1 Å². The van der Waals surface area contributed by atoms with E-state index in [0.717, 1.165) is 96.3 Å². The molecule has 0 saturated carbocycles. The number of benzene rings is 6. The Bertz CT molecular complexity index is 2190. The maximum absolute atomic E-state index is 11.6. The van der Waals surface area contributed by atoms with E-state index < -0.39 is 0 Å². The van der Waals surface area contributed by atoms with E-state index in [4.69, 9.17) is 9.47 Å². The second kappa shape index (κ2) is 16.5.